The van der Waals surface area contributed by atoms with E-state index in [1.165, 1.54) is 11.8 Å². The van der Waals surface area contributed by atoms with Crippen LogP contribution in [0.4, 0.5) is 11.4 Å². The minimum absolute atomic E-state index is 0.179. The quantitative estimate of drug-likeness (QED) is 0.625. The summed E-state index contributed by atoms with van der Waals surface area (Å²) in [4.78, 5) is 19.7. The maximum Gasteiger partial charge on any atom is 0.264 e. The number of carbonyl (C=O) groups excluding carboxylic acids is 1. The lowest BCUT2D eigenvalue weighted by molar-refractivity contribution is -0.115. The van der Waals surface area contributed by atoms with E-state index in [4.69, 9.17) is 16.3 Å². The maximum absolute atomic E-state index is 12.4. The molecule has 0 atom stereocenters. The van der Waals surface area contributed by atoms with Gasteiger partial charge in [-0.1, -0.05) is 17.7 Å². The van der Waals surface area contributed by atoms with Gasteiger partial charge in [0.25, 0.3) is 5.91 Å². The van der Waals surface area contributed by atoms with Crippen molar-refractivity contribution in [3.8, 4) is 5.75 Å². The molecule has 0 radical (unpaired) electrons. The van der Waals surface area contributed by atoms with Crippen LogP contribution in [0.3, 0.4) is 0 Å². The number of aryl methyl sites for hydroxylation is 1. The second-order valence-corrected chi connectivity index (χ2v) is 7.95. The molecule has 2 aromatic carbocycles. The fourth-order valence-electron chi connectivity index (χ4n) is 2.99. The maximum atomic E-state index is 12.4. The van der Waals surface area contributed by atoms with Crippen molar-refractivity contribution in [3.63, 3.8) is 0 Å². The molecule has 0 unspecified atom stereocenters. The summed E-state index contributed by atoms with van der Waals surface area (Å²) in [6.45, 7) is 8.01. The van der Waals surface area contributed by atoms with Crippen molar-refractivity contribution in [1.29, 1.82) is 0 Å². The molecule has 1 heterocycles. The minimum atomic E-state index is -0.179. The molecule has 1 aliphatic rings. The molecule has 29 heavy (non-hydrogen) atoms. The summed E-state index contributed by atoms with van der Waals surface area (Å²) >= 11 is 7.46. The van der Waals surface area contributed by atoms with Crippen molar-refractivity contribution >= 4 is 51.9 Å². The molecule has 3 rings (SSSR count). The molecule has 152 valence electrons. The van der Waals surface area contributed by atoms with Crippen LogP contribution >= 0.6 is 23.4 Å². The summed E-state index contributed by atoms with van der Waals surface area (Å²) in [7, 11) is 1.64. The Morgan fingerprint density at radius 2 is 1.97 bits per heavy atom. The minimum Gasteiger partial charge on any atom is -0.496 e. The first kappa shape index (κ1) is 21.3. The predicted octanol–water partition coefficient (Wildman–Crippen LogP) is 5.39. The van der Waals surface area contributed by atoms with Crippen molar-refractivity contribution in [2.24, 2.45) is 4.99 Å². The zero-order valence-electron chi connectivity index (χ0n) is 17.0. The van der Waals surface area contributed by atoms with E-state index in [1.54, 1.807) is 13.2 Å². The van der Waals surface area contributed by atoms with E-state index >= 15 is 0 Å². The van der Waals surface area contributed by atoms with Gasteiger partial charge < -0.3 is 15.0 Å². The highest BCUT2D eigenvalue weighted by Gasteiger charge is 2.24. The second kappa shape index (κ2) is 9.37. The van der Waals surface area contributed by atoms with Gasteiger partial charge in [-0.05, 0) is 68.4 Å². The third-order valence-electron chi connectivity index (χ3n) is 4.67. The van der Waals surface area contributed by atoms with E-state index in [9.17, 15) is 4.79 Å². The standard InChI is InChI=1S/C22H24ClN3O2S/c1-5-26(6-2)17-10-8-15(19(13-17)28-4)11-20-21(27)25-22(29-20)24-16-9-7-14(3)18(23)12-16/h7-13H,5-6H2,1-4H3,(H,24,25,27)/b20-11-. The SMILES string of the molecule is CCN(CC)c1ccc(/C=C2\SC(=Nc3ccc(C)c(Cl)c3)NC2=O)c(OC)c1. The van der Waals surface area contributed by atoms with Gasteiger partial charge in [0.15, 0.2) is 5.17 Å². The number of nitrogens with one attached hydrogen (secondary N) is 1. The van der Waals surface area contributed by atoms with Gasteiger partial charge in [0.1, 0.15) is 5.75 Å². The van der Waals surface area contributed by atoms with Crippen LogP contribution < -0.4 is 15.0 Å². The number of methoxy groups -OCH3 is 1. The highest BCUT2D eigenvalue weighted by molar-refractivity contribution is 8.18. The van der Waals surface area contributed by atoms with E-state index in [0.29, 0.717) is 20.8 Å². The molecule has 0 aliphatic carbocycles. The number of carbonyl (C=O) groups is 1. The zero-order valence-corrected chi connectivity index (χ0v) is 18.5. The predicted molar refractivity (Wildman–Crippen MR) is 124 cm³/mol. The molecule has 1 amide bonds. The summed E-state index contributed by atoms with van der Waals surface area (Å²) < 4.78 is 5.56. The average Bonchev–Trinajstić information content (AvgIpc) is 3.05. The smallest absolute Gasteiger partial charge is 0.264 e. The molecule has 0 spiro atoms. The summed E-state index contributed by atoms with van der Waals surface area (Å²) in [6.07, 6.45) is 1.83. The van der Waals surface area contributed by atoms with Gasteiger partial charge in [0.2, 0.25) is 0 Å². The number of hydrogen-bond acceptors (Lipinski definition) is 5. The van der Waals surface area contributed by atoms with Crippen LogP contribution in [0, 0.1) is 6.92 Å². The van der Waals surface area contributed by atoms with Crippen LogP contribution in [0.5, 0.6) is 5.75 Å². The zero-order chi connectivity index (χ0) is 21.0. The Bertz CT molecular complexity index is 984. The molecular weight excluding hydrogens is 406 g/mol. The molecule has 0 bridgehead atoms. The molecule has 0 aromatic heterocycles. The Morgan fingerprint density at radius 3 is 2.62 bits per heavy atom. The van der Waals surface area contributed by atoms with Crippen LogP contribution in [-0.2, 0) is 4.79 Å². The van der Waals surface area contributed by atoms with Gasteiger partial charge in [0, 0.05) is 35.4 Å². The number of hydrogen-bond donors (Lipinski definition) is 1. The number of rotatable bonds is 6. The van der Waals surface area contributed by atoms with Crippen molar-refractivity contribution in [1.82, 2.24) is 5.32 Å². The second-order valence-electron chi connectivity index (χ2n) is 6.51. The molecule has 0 saturated carbocycles. The van der Waals surface area contributed by atoms with Gasteiger partial charge in [-0.3, -0.25) is 4.79 Å². The summed E-state index contributed by atoms with van der Waals surface area (Å²) in [5, 5.41) is 3.98. The number of nitrogens with zero attached hydrogens (tertiary/aromatic N) is 2. The normalized spacial score (nSPS) is 16.4. The van der Waals surface area contributed by atoms with Crippen LogP contribution in [0.15, 0.2) is 46.3 Å². The Hall–Kier alpha value is -2.44. The first-order chi connectivity index (χ1) is 13.9. The molecule has 1 saturated heterocycles. The highest BCUT2D eigenvalue weighted by Crippen LogP contribution is 2.33. The number of thioether (sulfide) groups is 1. The average molecular weight is 430 g/mol. The van der Waals surface area contributed by atoms with E-state index in [1.807, 2.05) is 43.3 Å². The lowest BCUT2D eigenvalue weighted by atomic mass is 10.1. The number of aliphatic imine (C=N–C) groups is 1. The topological polar surface area (TPSA) is 53.9 Å². The van der Waals surface area contributed by atoms with Crippen LogP contribution in [0.25, 0.3) is 6.08 Å². The Morgan fingerprint density at radius 1 is 1.21 bits per heavy atom. The molecule has 1 aliphatic heterocycles. The summed E-state index contributed by atoms with van der Waals surface area (Å²) in [6, 6.07) is 11.6. The third-order valence-corrected chi connectivity index (χ3v) is 5.99. The van der Waals surface area contributed by atoms with E-state index < -0.39 is 0 Å². The Kier molecular flexibility index (Phi) is 6.87. The van der Waals surface area contributed by atoms with Gasteiger partial charge in [-0.15, -0.1) is 0 Å². The highest BCUT2D eigenvalue weighted by atomic mass is 35.5. The first-order valence-electron chi connectivity index (χ1n) is 9.43. The number of halogens is 1. The molecule has 7 heteroatoms. The third kappa shape index (κ3) is 4.95. The molecular formula is C22H24ClN3O2S. The van der Waals surface area contributed by atoms with Gasteiger partial charge in [-0.2, -0.15) is 0 Å². The van der Waals surface area contributed by atoms with Crippen LogP contribution in [0.1, 0.15) is 25.0 Å². The molecule has 2 aromatic rings. The fourth-order valence-corrected chi connectivity index (χ4v) is 4.00. The van der Waals surface area contributed by atoms with Gasteiger partial charge in [-0.25, -0.2) is 4.99 Å². The molecule has 1 fully saturated rings. The summed E-state index contributed by atoms with van der Waals surface area (Å²) in [5.74, 6) is 0.549. The lowest BCUT2D eigenvalue weighted by Crippen LogP contribution is -2.21. The largest absolute Gasteiger partial charge is 0.496 e. The fraction of sp³-hybridized carbons (Fsp3) is 0.273. The van der Waals surface area contributed by atoms with Crippen molar-refractivity contribution in [3.05, 3.63) is 57.5 Å². The van der Waals surface area contributed by atoms with Crippen molar-refractivity contribution < 1.29 is 9.53 Å². The number of ether oxygens (including phenoxy) is 1. The lowest BCUT2D eigenvalue weighted by Gasteiger charge is -2.22. The van der Waals surface area contributed by atoms with Gasteiger partial charge in [0.05, 0.1) is 17.7 Å². The molecule has 1 N–H and O–H groups in total. The number of benzene rings is 2. The monoisotopic (exact) mass is 429 g/mol. The Labute approximate surface area is 180 Å². The van der Waals surface area contributed by atoms with Crippen LogP contribution in [0.2, 0.25) is 5.02 Å². The Balaban J connectivity index is 1.86. The van der Waals surface area contributed by atoms with Crippen molar-refractivity contribution in [2.75, 3.05) is 25.1 Å². The van der Waals surface area contributed by atoms with Gasteiger partial charge >= 0.3 is 0 Å². The summed E-state index contributed by atoms with van der Waals surface area (Å²) in [5.41, 5.74) is 3.63. The van der Waals surface area contributed by atoms with E-state index in [-0.39, 0.29) is 5.91 Å². The van der Waals surface area contributed by atoms with Crippen molar-refractivity contribution in [2.45, 2.75) is 20.8 Å². The van der Waals surface area contributed by atoms with E-state index in [0.717, 1.165) is 35.7 Å². The first-order valence-corrected chi connectivity index (χ1v) is 10.6. The van der Waals surface area contributed by atoms with Crippen LogP contribution in [-0.4, -0.2) is 31.3 Å². The molecule has 5 nitrogen and oxygen atoms in total. The number of amides is 1. The van der Waals surface area contributed by atoms with E-state index in [2.05, 4.69) is 29.1 Å². The number of anilines is 1. The number of amidine groups is 1.